The minimum absolute atomic E-state index is 0.108. The van der Waals surface area contributed by atoms with Crippen molar-refractivity contribution in [3.63, 3.8) is 0 Å². The third kappa shape index (κ3) is 5.23. The van der Waals surface area contributed by atoms with E-state index in [1.807, 2.05) is 32.0 Å². The molecule has 0 atom stereocenters. The highest BCUT2D eigenvalue weighted by Crippen LogP contribution is 2.35. The first-order valence-electron chi connectivity index (χ1n) is 12.9. The predicted molar refractivity (Wildman–Crippen MR) is 147 cm³/mol. The van der Waals surface area contributed by atoms with E-state index in [4.69, 9.17) is 5.73 Å². The number of nitrogens with one attached hydrogen (secondary N) is 2. The highest BCUT2D eigenvalue weighted by atomic mass is 16.1. The summed E-state index contributed by atoms with van der Waals surface area (Å²) >= 11 is 0. The number of carbonyl (C=O) groups is 1. The summed E-state index contributed by atoms with van der Waals surface area (Å²) in [6, 6.07) is 8.61. The Bertz CT molecular complexity index is 1310. The number of hydrogen-bond donors (Lipinski definition) is 3. The lowest BCUT2D eigenvalue weighted by Gasteiger charge is -2.41. The Morgan fingerprint density at radius 3 is 2.56 bits per heavy atom. The molecule has 0 unspecified atom stereocenters. The van der Waals surface area contributed by atoms with Gasteiger partial charge in [-0.15, -0.1) is 0 Å². The molecule has 8 nitrogen and oxygen atoms in total. The molecule has 3 heterocycles. The number of aryl methyl sites for hydroxylation is 2. The van der Waals surface area contributed by atoms with E-state index in [2.05, 4.69) is 45.9 Å². The van der Waals surface area contributed by atoms with Gasteiger partial charge in [0, 0.05) is 77.7 Å². The Labute approximate surface area is 212 Å². The van der Waals surface area contributed by atoms with Crippen LogP contribution in [0.2, 0.25) is 0 Å². The van der Waals surface area contributed by atoms with Crippen molar-refractivity contribution in [3.8, 4) is 0 Å². The highest BCUT2D eigenvalue weighted by molar-refractivity contribution is 6.06. The zero-order valence-corrected chi connectivity index (χ0v) is 22.0. The molecule has 2 aromatic heterocycles. The molecule has 0 spiro atoms. The first-order valence-corrected chi connectivity index (χ1v) is 12.9. The number of H-pyrrole nitrogens is 1. The molecule has 192 valence electrons. The number of pyridine rings is 2. The fourth-order valence-corrected chi connectivity index (χ4v) is 5.40. The number of aromatic amines is 1. The van der Waals surface area contributed by atoms with E-state index < -0.39 is 5.91 Å². The zero-order valence-electron chi connectivity index (χ0n) is 22.0. The van der Waals surface area contributed by atoms with Gasteiger partial charge in [-0.2, -0.15) is 0 Å². The molecule has 0 aliphatic carbocycles. The number of amides is 1. The summed E-state index contributed by atoms with van der Waals surface area (Å²) in [7, 11) is 0. The molecule has 1 fully saturated rings. The maximum atomic E-state index is 12.5. The van der Waals surface area contributed by atoms with Gasteiger partial charge in [0.25, 0.3) is 5.56 Å². The van der Waals surface area contributed by atoms with E-state index in [0.717, 1.165) is 60.2 Å². The number of piperidine rings is 1. The molecular formula is C28H38N6O2. The number of benzene rings is 1. The number of likely N-dealkylation sites (tertiary alicyclic amines) is 1. The lowest BCUT2D eigenvalue weighted by atomic mass is 9.98. The second-order valence-corrected chi connectivity index (χ2v) is 10.1. The number of primary amides is 1. The number of anilines is 2. The summed E-state index contributed by atoms with van der Waals surface area (Å²) in [5.41, 5.74) is 9.53. The van der Waals surface area contributed by atoms with Crippen molar-refractivity contribution < 1.29 is 4.79 Å². The maximum Gasteiger partial charge on any atom is 0.253 e. The number of carbonyl (C=O) groups excluding carboxylic acids is 1. The van der Waals surface area contributed by atoms with Gasteiger partial charge in [0.1, 0.15) is 5.82 Å². The van der Waals surface area contributed by atoms with Crippen LogP contribution in [0.15, 0.2) is 35.3 Å². The Morgan fingerprint density at radius 2 is 1.94 bits per heavy atom. The lowest BCUT2D eigenvalue weighted by Crippen LogP contribution is -2.47. The number of nitrogens with two attached hydrogens (primary N) is 1. The van der Waals surface area contributed by atoms with Gasteiger partial charge in [0.2, 0.25) is 5.91 Å². The van der Waals surface area contributed by atoms with Crippen LogP contribution in [0.25, 0.3) is 10.8 Å². The Balaban J connectivity index is 1.72. The van der Waals surface area contributed by atoms with Gasteiger partial charge in [0.15, 0.2) is 0 Å². The molecule has 0 saturated carbocycles. The Hall–Kier alpha value is -3.39. The molecule has 0 bridgehead atoms. The number of aromatic nitrogens is 2. The van der Waals surface area contributed by atoms with Gasteiger partial charge in [-0.25, -0.2) is 4.98 Å². The van der Waals surface area contributed by atoms with Crippen LogP contribution in [-0.4, -0.2) is 52.5 Å². The van der Waals surface area contributed by atoms with E-state index >= 15 is 0 Å². The van der Waals surface area contributed by atoms with Crippen LogP contribution in [0.5, 0.6) is 0 Å². The van der Waals surface area contributed by atoms with Gasteiger partial charge < -0.3 is 25.8 Å². The van der Waals surface area contributed by atoms with Crippen LogP contribution in [-0.2, 0) is 6.54 Å². The monoisotopic (exact) mass is 490 g/mol. The summed E-state index contributed by atoms with van der Waals surface area (Å²) in [4.78, 5) is 37.2. The molecule has 36 heavy (non-hydrogen) atoms. The van der Waals surface area contributed by atoms with E-state index in [1.165, 1.54) is 0 Å². The van der Waals surface area contributed by atoms with E-state index in [-0.39, 0.29) is 5.56 Å². The van der Waals surface area contributed by atoms with Crippen molar-refractivity contribution in [1.82, 2.24) is 14.9 Å². The quantitative estimate of drug-likeness (QED) is 0.441. The highest BCUT2D eigenvalue weighted by Gasteiger charge is 2.27. The summed E-state index contributed by atoms with van der Waals surface area (Å²) < 4.78 is 0. The summed E-state index contributed by atoms with van der Waals surface area (Å²) in [6.07, 6.45) is 3.92. The number of nitrogens with zero attached hydrogens (tertiary/aromatic N) is 3. The van der Waals surface area contributed by atoms with Crippen LogP contribution in [0, 0.1) is 13.8 Å². The third-order valence-electron chi connectivity index (χ3n) is 7.39. The lowest BCUT2D eigenvalue weighted by molar-refractivity contribution is 0.100. The average Bonchev–Trinajstić information content (AvgIpc) is 2.84. The minimum atomic E-state index is -0.468. The van der Waals surface area contributed by atoms with Crippen LogP contribution in [0.3, 0.4) is 0 Å². The molecule has 1 aliphatic rings. The molecular weight excluding hydrogens is 452 g/mol. The first-order chi connectivity index (χ1) is 17.2. The fraction of sp³-hybridized carbons (Fsp3) is 0.464. The number of fused-ring (bicyclic) bond motifs is 1. The smallest absolute Gasteiger partial charge is 0.253 e. The SMILES string of the molecule is CCN(c1cc(C(N)=O)cc2c(NCc3c(C)cc(C)[nH]c3=O)nccc12)C1CCN(C(C)C)CC1. The van der Waals surface area contributed by atoms with Crippen LogP contribution >= 0.6 is 0 Å². The second-order valence-electron chi connectivity index (χ2n) is 10.1. The average molecular weight is 491 g/mol. The van der Waals surface area contributed by atoms with Crippen molar-refractivity contribution >= 4 is 28.2 Å². The number of hydrogen-bond acceptors (Lipinski definition) is 6. The fourth-order valence-electron chi connectivity index (χ4n) is 5.40. The molecule has 8 heteroatoms. The molecule has 3 aromatic rings. The normalized spacial score (nSPS) is 14.9. The predicted octanol–water partition coefficient (Wildman–Crippen LogP) is 3.95. The van der Waals surface area contributed by atoms with Crippen LogP contribution < -0.4 is 21.5 Å². The second kappa shape index (κ2) is 10.7. The third-order valence-corrected chi connectivity index (χ3v) is 7.39. The Morgan fingerprint density at radius 1 is 1.22 bits per heavy atom. The van der Waals surface area contributed by atoms with Gasteiger partial charge in [-0.1, -0.05) is 0 Å². The van der Waals surface area contributed by atoms with Gasteiger partial charge >= 0.3 is 0 Å². The summed E-state index contributed by atoms with van der Waals surface area (Å²) in [5.74, 6) is 0.159. The van der Waals surface area contributed by atoms with Gasteiger partial charge in [-0.3, -0.25) is 9.59 Å². The summed E-state index contributed by atoms with van der Waals surface area (Å²) in [6.45, 7) is 13.7. The first kappa shape index (κ1) is 25.7. The number of rotatable bonds is 8. The molecule has 0 radical (unpaired) electrons. The minimum Gasteiger partial charge on any atom is -0.368 e. The van der Waals surface area contributed by atoms with Crippen molar-refractivity contribution in [1.29, 1.82) is 0 Å². The van der Waals surface area contributed by atoms with E-state index in [0.29, 0.717) is 35.6 Å². The Kier molecular flexibility index (Phi) is 7.64. The standard InChI is InChI=1S/C28H38N6O2/c1-6-34(21-8-11-33(12-9-21)17(2)3)25-15-20(26(29)35)14-23-22(25)7-10-30-27(23)31-16-24-18(4)13-19(5)32-28(24)36/h7,10,13-15,17,21H,6,8-9,11-12,16H2,1-5H3,(H2,29,35)(H,30,31)(H,32,36). The van der Waals surface area contributed by atoms with Crippen LogP contribution in [0.4, 0.5) is 11.5 Å². The van der Waals surface area contributed by atoms with E-state index in [1.54, 1.807) is 12.3 Å². The van der Waals surface area contributed by atoms with Crippen molar-refractivity contribution in [2.75, 3.05) is 29.9 Å². The molecule has 1 amide bonds. The van der Waals surface area contributed by atoms with Crippen molar-refractivity contribution in [2.24, 2.45) is 5.73 Å². The van der Waals surface area contributed by atoms with Crippen molar-refractivity contribution in [3.05, 3.63) is 63.2 Å². The topological polar surface area (TPSA) is 107 Å². The van der Waals surface area contributed by atoms with Crippen molar-refractivity contribution in [2.45, 2.75) is 66.1 Å². The van der Waals surface area contributed by atoms with Gasteiger partial charge in [-0.05, 0) is 77.3 Å². The molecule has 4 N–H and O–H groups in total. The molecule has 1 aromatic carbocycles. The van der Waals surface area contributed by atoms with E-state index in [9.17, 15) is 9.59 Å². The molecule has 1 aliphatic heterocycles. The summed E-state index contributed by atoms with van der Waals surface area (Å²) in [5, 5.41) is 5.18. The van der Waals surface area contributed by atoms with Gasteiger partial charge in [0.05, 0.1) is 0 Å². The molecule has 1 saturated heterocycles. The van der Waals surface area contributed by atoms with Crippen LogP contribution in [0.1, 0.15) is 60.8 Å². The molecule has 4 rings (SSSR count). The largest absolute Gasteiger partial charge is 0.368 e. The zero-order chi connectivity index (χ0) is 26.0. The maximum absolute atomic E-state index is 12.5.